The number of ketones is 1. The number of sulfonamides is 1. The van der Waals surface area contributed by atoms with Gasteiger partial charge in [0.25, 0.3) is 0 Å². The second-order valence-electron chi connectivity index (χ2n) is 7.71. The monoisotopic (exact) mass is 443 g/mol. The summed E-state index contributed by atoms with van der Waals surface area (Å²) in [6.45, 7) is 10.6. The number of pyridine rings is 1. The van der Waals surface area contributed by atoms with Crippen molar-refractivity contribution in [3.63, 3.8) is 0 Å². The molecule has 0 amide bonds. The SMILES string of the molecule is CCN(CC)C(C)S(=O)(=O)Nc1c(C(=O)c2ccccc2)oc2nc(C(C)C)ccc12. The van der Waals surface area contributed by atoms with Crippen LogP contribution in [0.2, 0.25) is 0 Å². The first-order chi connectivity index (χ1) is 14.7. The van der Waals surface area contributed by atoms with E-state index in [0.717, 1.165) is 5.69 Å². The Balaban J connectivity index is 2.14. The molecule has 0 bridgehead atoms. The van der Waals surface area contributed by atoms with Crippen LogP contribution in [0.4, 0.5) is 5.69 Å². The fourth-order valence-electron chi connectivity index (χ4n) is 3.46. The third-order valence-electron chi connectivity index (χ3n) is 5.43. The molecule has 0 aliphatic heterocycles. The molecule has 1 atom stereocenters. The van der Waals surface area contributed by atoms with Crippen LogP contribution in [0.25, 0.3) is 11.1 Å². The van der Waals surface area contributed by atoms with Crippen LogP contribution in [0.1, 0.15) is 62.3 Å². The molecule has 0 spiro atoms. The Morgan fingerprint density at radius 3 is 2.29 bits per heavy atom. The minimum atomic E-state index is -3.83. The molecular formula is C23H29N3O4S. The van der Waals surface area contributed by atoms with Gasteiger partial charge in [-0.05, 0) is 38.1 Å². The van der Waals surface area contributed by atoms with Crippen molar-refractivity contribution >= 4 is 32.6 Å². The van der Waals surface area contributed by atoms with Gasteiger partial charge in [-0.2, -0.15) is 0 Å². The maximum absolute atomic E-state index is 13.2. The number of benzene rings is 1. The van der Waals surface area contributed by atoms with Crippen molar-refractivity contribution in [2.45, 2.75) is 45.9 Å². The molecule has 1 unspecified atom stereocenters. The van der Waals surface area contributed by atoms with Crippen molar-refractivity contribution in [1.82, 2.24) is 9.88 Å². The Morgan fingerprint density at radius 2 is 1.71 bits per heavy atom. The van der Waals surface area contributed by atoms with Gasteiger partial charge in [-0.25, -0.2) is 13.4 Å². The van der Waals surface area contributed by atoms with Crippen LogP contribution in [0.5, 0.6) is 0 Å². The van der Waals surface area contributed by atoms with Crippen molar-refractivity contribution in [3.05, 3.63) is 59.5 Å². The number of carbonyl (C=O) groups is 1. The minimum absolute atomic E-state index is 0.0649. The van der Waals surface area contributed by atoms with E-state index in [9.17, 15) is 13.2 Å². The molecule has 166 valence electrons. The first kappa shape index (κ1) is 23.0. The zero-order chi connectivity index (χ0) is 22.8. The highest BCUT2D eigenvalue weighted by molar-refractivity contribution is 7.93. The maximum Gasteiger partial charge on any atom is 0.248 e. The zero-order valence-corrected chi connectivity index (χ0v) is 19.4. The maximum atomic E-state index is 13.2. The molecule has 0 radical (unpaired) electrons. The Labute approximate surface area is 183 Å². The van der Waals surface area contributed by atoms with Gasteiger partial charge in [0.05, 0.1) is 5.39 Å². The number of rotatable bonds is 9. The molecule has 0 saturated carbocycles. The number of nitrogens with one attached hydrogen (secondary N) is 1. The topological polar surface area (TPSA) is 92.5 Å². The Kier molecular flexibility index (Phi) is 6.81. The van der Waals surface area contributed by atoms with Crippen LogP contribution in [-0.4, -0.2) is 42.5 Å². The van der Waals surface area contributed by atoms with Crippen molar-refractivity contribution in [1.29, 1.82) is 0 Å². The normalized spacial score (nSPS) is 13.1. The molecule has 1 N–H and O–H groups in total. The first-order valence-corrected chi connectivity index (χ1v) is 12.0. The summed E-state index contributed by atoms with van der Waals surface area (Å²) < 4.78 is 34.8. The zero-order valence-electron chi connectivity index (χ0n) is 18.5. The third kappa shape index (κ3) is 4.65. The van der Waals surface area contributed by atoms with Gasteiger partial charge in [0.1, 0.15) is 11.1 Å². The fourth-order valence-corrected chi connectivity index (χ4v) is 4.81. The van der Waals surface area contributed by atoms with Gasteiger partial charge in [0, 0.05) is 11.3 Å². The van der Waals surface area contributed by atoms with Crippen molar-refractivity contribution in [2.75, 3.05) is 17.8 Å². The van der Waals surface area contributed by atoms with Crippen molar-refractivity contribution < 1.29 is 17.6 Å². The average molecular weight is 444 g/mol. The second kappa shape index (κ2) is 9.20. The minimum Gasteiger partial charge on any atom is -0.432 e. The molecule has 0 saturated heterocycles. The molecule has 1 aromatic carbocycles. The van der Waals surface area contributed by atoms with Crippen LogP contribution in [0, 0.1) is 0 Å². The molecule has 31 heavy (non-hydrogen) atoms. The molecule has 0 aliphatic carbocycles. The van der Waals surface area contributed by atoms with Gasteiger partial charge < -0.3 is 4.42 Å². The lowest BCUT2D eigenvalue weighted by Gasteiger charge is -2.26. The molecule has 0 aliphatic rings. The van der Waals surface area contributed by atoms with E-state index >= 15 is 0 Å². The summed E-state index contributed by atoms with van der Waals surface area (Å²) in [6.07, 6.45) is 0. The number of hydrogen-bond donors (Lipinski definition) is 1. The quantitative estimate of drug-likeness (QED) is 0.486. The molecule has 7 nitrogen and oxygen atoms in total. The summed E-state index contributed by atoms with van der Waals surface area (Å²) in [5, 5.41) is -0.325. The lowest BCUT2D eigenvalue weighted by molar-refractivity contribution is 0.101. The molecular weight excluding hydrogens is 414 g/mol. The van der Waals surface area contributed by atoms with Crippen molar-refractivity contribution in [3.8, 4) is 0 Å². The predicted octanol–water partition coefficient (Wildman–Crippen LogP) is 4.61. The van der Waals surface area contributed by atoms with E-state index in [4.69, 9.17) is 4.42 Å². The summed E-state index contributed by atoms with van der Waals surface area (Å²) in [7, 11) is -3.83. The number of furan rings is 1. The van der Waals surface area contributed by atoms with Gasteiger partial charge >= 0.3 is 0 Å². The van der Waals surface area contributed by atoms with Crippen LogP contribution >= 0.6 is 0 Å². The molecule has 2 aromatic heterocycles. The molecule has 2 heterocycles. The molecule has 0 fully saturated rings. The summed E-state index contributed by atoms with van der Waals surface area (Å²) in [4.78, 5) is 19.5. The van der Waals surface area contributed by atoms with E-state index in [1.54, 1.807) is 43.3 Å². The van der Waals surface area contributed by atoms with Crippen LogP contribution in [0.15, 0.2) is 46.9 Å². The standard InChI is InChI=1S/C23H29N3O4S/c1-6-26(7-2)16(5)31(28,29)25-20-18-13-14-19(15(3)4)24-23(18)30-22(20)21(27)17-11-9-8-10-12-17/h8-16,25H,6-7H2,1-5H3. The van der Waals surface area contributed by atoms with Gasteiger partial charge in [-0.3, -0.25) is 14.4 Å². The Hall–Kier alpha value is -2.71. The van der Waals surface area contributed by atoms with E-state index in [1.165, 1.54) is 0 Å². The number of aromatic nitrogens is 1. The summed E-state index contributed by atoms with van der Waals surface area (Å²) in [5.41, 5.74) is 1.57. The molecule has 3 rings (SSSR count). The number of nitrogens with zero attached hydrogens (tertiary/aromatic N) is 2. The summed E-state index contributed by atoms with van der Waals surface area (Å²) in [5.74, 6) is -0.312. The van der Waals surface area contributed by atoms with E-state index in [0.29, 0.717) is 24.0 Å². The van der Waals surface area contributed by atoms with Crippen LogP contribution in [-0.2, 0) is 10.0 Å². The first-order valence-electron chi connectivity index (χ1n) is 10.5. The van der Waals surface area contributed by atoms with E-state index < -0.39 is 21.2 Å². The van der Waals surface area contributed by atoms with E-state index in [1.807, 2.05) is 38.7 Å². The van der Waals surface area contributed by atoms with Gasteiger partial charge in [-0.15, -0.1) is 0 Å². The van der Waals surface area contributed by atoms with Crippen LogP contribution in [0.3, 0.4) is 0 Å². The average Bonchev–Trinajstić information content (AvgIpc) is 3.11. The number of fused-ring (bicyclic) bond motifs is 1. The number of anilines is 1. The largest absolute Gasteiger partial charge is 0.432 e. The van der Waals surface area contributed by atoms with Gasteiger partial charge in [0.2, 0.25) is 27.3 Å². The predicted molar refractivity (Wildman–Crippen MR) is 123 cm³/mol. The molecule has 8 heteroatoms. The highest BCUT2D eigenvalue weighted by Crippen LogP contribution is 2.34. The smallest absolute Gasteiger partial charge is 0.248 e. The number of carbonyl (C=O) groups excluding carboxylic acids is 1. The Bertz CT molecular complexity index is 1170. The van der Waals surface area contributed by atoms with Crippen LogP contribution < -0.4 is 4.72 Å². The highest BCUT2D eigenvalue weighted by atomic mass is 32.2. The second-order valence-corrected chi connectivity index (χ2v) is 9.69. The lowest BCUT2D eigenvalue weighted by atomic mass is 10.1. The summed E-state index contributed by atoms with van der Waals surface area (Å²) >= 11 is 0. The Morgan fingerprint density at radius 1 is 1.06 bits per heavy atom. The van der Waals surface area contributed by atoms with E-state index in [2.05, 4.69) is 9.71 Å². The van der Waals surface area contributed by atoms with Crippen molar-refractivity contribution in [2.24, 2.45) is 0 Å². The highest BCUT2D eigenvalue weighted by Gasteiger charge is 2.31. The number of hydrogen-bond acceptors (Lipinski definition) is 6. The summed E-state index contributed by atoms with van der Waals surface area (Å²) in [6, 6.07) is 12.2. The molecule has 3 aromatic rings. The lowest BCUT2D eigenvalue weighted by Crippen LogP contribution is -2.41. The van der Waals surface area contributed by atoms with E-state index in [-0.39, 0.29) is 23.1 Å². The van der Waals surface area contributed by atoms with Gasteiger partial charge in [0.15, 0.2) is 0 Å². The van der Waals surface area contributed by atoms with Gasteiger partial charge in [-0.1, -0.05) is 58.0 Å². The fraction of sp³-hybridized carbons (Fsp3) is 0.391. The third-order valence-corrected chi connectivity index (χ3v) is 7.12.